The van der Waals surface area contributed by atoms with Crippen molar-refractivity contribution < 1.29 is 14.2 Å². The highest BCUT2D eigenvalue weighted by atomic mass is 16.5. The van der Waals surface area contributed by atoms with E-state index in [1.165, 1.54) is 0 Å². The molecule has 1 aliphatic rings. The van der Waals surface area contributed by atoms with Crippen LogP contribution in [0.25, 0.3) is 16.6 Å². The van der Waals surface area contributed by atoms with Crippen LogP contribution in [0.2, 0.25) is 0 Å². The molecule has 168 valence electrons. The molecule has 1 fully saturated rings. The fraction of sp³-hybridized carbons (Fsp3) is 0.250. The number of fused-ring (bicyclic) bond motifs is 1. The van der Waals surface area contributed by atoms with Crippen LogP contribution in [-0.2, 0) is 16.1 Å². The van der Waals surface area contributed by atoms with Crippen molar-refractivity contribution in [1.82, 2.24) is 4.57 Å². The molecule has 0 radical (unpaired) electrons. The smallest absolute Gasteiger partial charge is 0.255 e. The van der Waals surface area contributed by atoms with E-state index in [0.29, 0.717) is 6.61 Å². The van der Waals surface area contributed by atoms with Crippen molar-refractivity contribution in [3.05, 3.63) is 106 Å². The highest BCUT2D eigenvalue weighted by molar-refractivity contribution is 5.82. The van der Waals surface area contributed by atoms with Crippen molar-refractivity contribution in [2.45, 2.75) is 31.7 Å². The number of methoxy groups -OCH3 is 1. The van der Waals surface area contributed by atoms with Gasteiger partial charge in [-0.05, 0) is 60.0 Å². The first-order valence-electron chi connectivity index (χ1n) is 11.3. The molecule has 5 heteroatoms. The van der Waals surface area contributed by atoms with Crippen molar-refractivity contribution in [2.24, 2.45) is 0 Å². The Hall–Kier alpha value is -3.41. The lowest BCUT2D eigenvalue weighted by atomic mass is 9.98. The van der Waals surface area contributed by atoms with Gasteiger partial charge in [0.05, 0.1) is 17.7 Å². The number of rotatable bonds is 6. The maximum atomic E-state index is 12.5. The third-order valence-electron chi connectivity index (χ3n) is 6.18. The Bertz CT molecular complexity index is 1300. The minimum Gasteiger partial charge on any atom is -0.489 e. The number of pyridine rings is 1. The van der Waals surface area contributed by atoms with Gasteiger partial charge < -0.3 is 14.2 Å². The van der Waals surface area contributed by atoms with Gasteiger partial charge in [0.2, 0.25) is 0 Å². The quantitative estimate of drug-likeness (QED) is 0.400. The van der Waals surface area contributed by atoms with Gasteiger partial charge in [-0.15, -0.1) is 0 Å². The Morgan fingerprint density at radius 1 is 0.970 bits per heavy atom. The van der Waals surface area contributed by atoms with Crippen LogP contribution in [0, 0.1) is 0 Å². The maximum absolute atomic E-state index is 12.5. The predicted octanol–water partition coefficient (Wildman–Crippen LogP) is 5.44. The fourth-order valence-corrected chi connectivity index (χ4v) is 4.42. The van der Waals surface area contributed by atoms with E-state index < -0.39 is 0 Å². The molecule has 4 aromatic rings. The van der Waals surface area contributed by atoms with E-state index in [4.69, 9.17) is 14.2 Å². The molecule has 1 aromatic heterocycles. The van der Waals surface area contributed by atoms with Crippen molar-refractivity contribution in [3.8, 4) is 11.4 Å². The predicted molar refractivity (Wildman–Crippen MR) is 129 cm³/mol. The van der Waals surface area contributed by atoms with Gasteiger partial charge in [0.25, 0.3) is 5.56 Å². The van der Waals surface area contributed by atoms with Crippen LogP contribution >= 0.6 is 0 Å². The number of nitrogens with zero attached hydrogens (tertiary/aromatic N) is 1. The average Bonchev–Trinajstić information content (AvgIpc) is 2.88. The first kappa shape index (κ1) is 21.4. The molecule has 0 amide bonds. The lowest BCUT2D eigenvalue weighted by Crippen LogP contribution is -2.25. The van der Waals surface area contributed by atoms with Gasteiger partial charge in [-0.1, -0.05) is 36.4 Å². The molecule has 33 heavy (non-hydrogen) atoms. The summed E-state index contributed by atoms with van der Waals surface area (Å²) >= 11 is 0. The van der Waals surface area contributed by atoms with E-state index in [1.807, 2.05) is 60.7 Å². The molecule has 0 saturated carbocycles. The second-order valence-electron chi connectivity index (χ2n) is 8.34. The summed E-state index contributed by atoms with van der Waals surface area (Å²) in [5.41, 5.74) is 3.89. The minimum atomic E-state index is -0.0557. The lowest BCUT2D eigenvalue weighted by molar-refractivity contribution is -0.0599. The summed E-state index contributed by atoms with van der Waals surface area (Å²) in [5, 5.41) is 0.950. The molecule has 1 aliphatic heterocycles. The Kier molecular flexibility index (Phi) is 6.24. The molecule has 5 nitrogen and oxygen atoms in total. The summed E-state index contributed by atoms with van der Waals surface area (Å²) < 4.78 is 19.3. The van der Waals surface area contributed by atoms with E-state index in [1.54, 1.807) is 17.7 Å². The van der Waals surface area contributed by atoms with Crippen LogP contribution < -0.4 is 10.3 Å². The molecule has 3 aromatic carbocycles. The van der Waals surface area contributed by atoms with Gasteiger partial charge in [0.15, 0.2) is 0 Å². The van der Waals surface area contributed by atoms with E-state index in [-0.39, 0.29) is 17.8 Å². The van der Waals surface area contributed by atoms with Gasteiger partial charge >= 0.3 is 0 Å². The summed E-state index contributed by atoms with van der Waals surface area (Å²) in [7, 11) is 1.76. The second-order valence-corrected chi connectivity index (χ2v) is 8.34. The van der Waals surface area contributed by atoms with Gasteiger partial charge in [-0.2, -0.15) is 0 Å². The number of hydrogen-bond donors (Lipinski definition) is 0. The largest absolute Gasteiger partial charge is 0.489 e. The normalized spacial score (nSPS) is 18.3. The Morgan fingerprint density at radius 3 is 2.70 bits per heavy atom. The van der Waals surface area contributed by atoms with Crippen molar-refractivity contribution in [1.29, 1.82) is 0 Å². The Morgan fingerprint density at radius 2 is 1.85 bits per heavy atom. The molecule has 2 atom stereocenters. The average molecular weight is 442 g/mol. The molecule has 0 N–H and O–H groups in total. The van der Waals surface area contributed by atoms with Gasteiger partial charge in [0, 0.05) is 37.3 Å². The van der Waals surface area contributed by atoms with Crippen LogP contribution in [-0.4, -0.2) is 24.4 Å². The maximum Gasteiger partial charge on any atom is 0.255 e. The lowest BCUT2D eigenvalue weighted by Gasteiger charge is -2.29. The summed E-state index contributed by atoms with van der Waals surface area (Å²) in [5.74, 6) is 0.763. The first-order valence-corrected chi connectivity index (χ1v) is 11.3. The molecule has 5 rings (SSSR count). The van der Waals surface area contributed by atoms with Crippen LogP contribution in [0.15, 0.2) is 89.7 Å². The fourth-order valence-electron chi connectivity index (χ4n) is 4.42. The third kappa shape index (κ3) is 4.70. The highest BCUT2D eigenvalue weighted by Gasteiger charge is 2.23. The number of para-hydroxylation sites is 1. The molecule has 1 saturated heterocycles. The number of aromatic nitrogens is 1. The Labute approximate surface area is 193 Å². The summed E-state index contributed by atoms with van der Waals surface area (Å²) in [6.45, 7) is 1.17. The van der Waals surface area contributed by atoms with Crippen LogP contribution in [0.4, 0.5) is 0 Å². The SMILES string of the molecule is COC1CCOC(c2cccc(COc3ccc4c(ccc(=O)n4-c4ccccc4)c3)c2)C1. The van der Waals surface area contributed by atoms with E-state index in [2.05, 4.69) is 18.2 Å². The molecule has 0 spiro atoms. The molecule has 2 heterocycles. The third-order valence-corrected chi connectivity index (χ3v) is 6.18. The first-order chi connectivity index (χ1) is 16.2. The minimum absolute atomic E-state index is 0.0547. The zero-order valence-corrected chi connectivity index (χ0v) is 18.6. The topological polar surface area (TPSA) is 49.7 Å². The van der Waals surface area contributed by atoms with Crippen LogP contribution in [0.3, 0.4) is 0 Å². The van der Waals surface area contributed by atoms with Crippen molar-refractivity contribution in [2.75, 3.05) is 13.7 Å². The van der Waals surface area contributed by atoms with Crippen molar-refractivity contribution in [3.63, 3.8) is 0 Å². The summed E-state index contributed by atoms with van der Waals surface area (Å²) in [6, 6.07) is 27.3. The van der Waals surface area contributed by atoms with Gasteiger partial charge in [-0.3, -0.25) is 9.36 Å². The van der Waals surface area contributed by atoms with Crippen LogP contribution in [0.5, 0.6) is 5.75 Å². The van der Waals surface area contributed by atoms with E-state index in [9.17, 15) is 4.79 Å². The molecule has 0 bridgehead atoms. The number of hydrogen-bond acceptors (Lipinski definition) is 4. The standard InChI is InChI=1S/C28H27NO4/c1-31-24-14-15-32-27(18-24)22-7-5-6-20(16-22)19-33-25-11-12-26-21(17-25)10-13-28(30)29(26)23-8-3-2-4-9-23/h2-13,16-17,24,27H,14-15,18-19H2,1H3. The molecular weight excluding hydrogens is 414 g/mol. The summed E-state index contributed by atoms with van der Waals surface area (Å²) in [4.78, 5) is 12.5. The monoisotopic (exact) mass is 441 g/mol. The molecule has 2 unspecified atom stereocenters. The van der Waals surface area contributed by atoms with E-state index >= 15 is 0 Å². The molecule has 0 aliphatic carbocycles. The van der Waals surface area contributed by atoms with Crippen molar-refractivity contribution >= 4 is 10.9 Å². The number of ether oxygens (including phenoxy) is 3. The Balaban J connectivity index is 1.34. The molecular formula is C28H27NO4. The summed E-state index contributed by atoms with van der Waals surface area (Å²) in [6.07, 6.45) is 2.11. The zero-order chi connectivity index (χ0) is 22.6. The highest BCUT2D eigenvalue weighted by Crippen LogP contribution is 2.30. The second kappa shape index (κ2) is 9.61. The van der Waals surface area contributed by atoms with Crippen LogP contribution in [0.1, 0.15) is 30.1 Å². The number of benzene rings is 3. The zero-order valence-electron chi connectivity index (χ0n) is 18.6. The van der Waals surface area contributed by atoms with Gasteiger partial charge in [-0.25, -0.2) is 0 Å². The van der Waals surface area contributed by atoms with Gasteiger partial charge in [0.1, 0.15) is 12.4 Å². The van der Waals surface area contributed by atoms with E-state index in [0.717, 1.165) is 52.9 Å².